The molecule has 1 N–H and O–H groups in total. The summed E-state index contributed by atoms with van der Waals surface area (Å²) in [5.41, 5.74) is 0.436. The van der Waals surface area contributed by atoms with Crippen LogP contribution >= 0.6 is 0 Å². The van der Waals surface area contributed by atoms with Gasteiger partial charge in [-0.2, -0.15) is 0 Å². The van der Waals surface area contributed by atoms with Crippen molar-refractivity contribution in [3.8, 4) is 5.75 Å². The molecule has 0 amide bonds. The van der Waals surface area contributed by atoms with Gasteiger partial charge >= 0.3 is 0 Å². The number of ketones is 2. The van der Waals surface area contributed by atoms with Gasteiger partial charge in [0, 0.05) is 11.5 Å². The molecule has 6 heteroatoms. The Morgan fingerprint density at radius 2 is 1.70 bits per heavy atom. The van der Waals surface area contributed by atoms with Gasteiger partial charge in [-0.3, -0.25) is 9.59 Å². The van der Waals surface area contributed by atoms with E-state index in [2.05, 4.69) is 0 Å². The molecule has 0 unspecified atom stereocenters. The fourth-order valence-electron chi connectivity index (χ4n) is 2.44. The molecule has 0 saturated carbocycles. The van der Waals surface area contributed by atoms with Crippen LogP contribution in [0.5, 0.6) is 5.75 Å². The van der Waals surface area contributed by atoms with E-state index < -0.39 is 11.6 Å². The van der Waals surface area contributed by atoms with E-state index in [0.717, 1.165) is 0 Å². The van der Waals surface area contributed by atoms with Crippen LogP contribution in [0.2, 0.25) is 0 Å². The van der Waals surface area contributed by atoms with E-state index in [-0.39, 0.29) is 47.4 Å². The van der Waals surface area contributed by atoms with Crippen molar-refractivity contribution in [3.63, 3.8) is 0 Å². The molecule has 0 spiro atoms. The highest BCUT2D eigenvalue weighted by Crippen LogP contribution is 2.37. The van der Waals surface area contributed by atoms with Crippen LogP contribution in [0.4, 0.5) is 0 Å². The predicted octanol–water partition coefficient (Wildman–Crippen LogP) is 1.78. The van der Waals surface area contributed by atoms with E-state index in [9.17, 15) is 14.7 Å². The van der Waals surface area contributed by atoms with Crippen LogP contribution in [0.15, 0.2) is 34.1 Å². The molecule has 1 aromatic heterocycles. The zero-order valence-corrected chi connectivity index (χ0v) is 10.1. The first-order chi connectivity index (χ1) is 9.66. The highest BCUT2D eigenvalue weighted by atomic mass is 16.6. The molecule has 2 heterocycles. The minimum absolute atomic E-state index is 0.00582. The molecule has 20 heavy (non-hydrogen) atoms. The third-order valence-electron chi connectivity index (χ3n) is 3.30. The monoisotopic (exact) mass is 272 g/mol. The Labute approximate surface area is 112 Å². The lowest BCUT2D eigenvalue weighted by molar-refractivity contribution is 0.0425. The number of Topliss-reactive ketones (excluding diaryl/α,β-unsaturated/α-hetero) is 2. The Hall–Kier alpha value is -2.76. The normalized spacial score (nSPS) is 17.6. The van der Waals surface area contributed by atoms with E-state index in [1.165, 1.54) is 18.2 Å². The van der Waals surface area contributed by atoms with Crippen LogP contribution in [0, 0.1) is 0 Å². The number of aromatic hydroxyl groups is 1. The van der Waals surface area contributed by atoms with Crippen LogP contribution in [0.3, 0.4) is 0 Å². The number of hydrogen-bond acceptors (Lipinski definition) is 6. The zero-order valence-electron chi connectivity index (χ0n) is 10.1. The summed E-state index contributed by atoms with van der Waals surface area (Å²) in [7, 11) is 0. The van der Waals surface area contributed by atoms with Gasteiger partial charge in [0.1, 0.15) is 24.5 Å². The zero-order chi connectivity index (χ0) is 13.9. The smallest absolute Gasteiger partial charge is 0.267 e. The van der Waals surface area contributed by atoms with Gasteiger partial charge in [-0.25, -0.2) is 0 Å². The number of rotatable bonds is 0. The highest BCUT2D eigenvalue weighted by molar-refractivity contribution is 6.28. The van der Waals surface area contributed by atoms with Crippen molar-refractivity contribution in [2.24, 2.45) is 0 Å². The molecule has 0 fully saturated rings. The molecule has 0 radical (unpaired) electrons. The summed E-state index contributed by atoms with van der Waals surface area (Å²) in [5, 5.41) is 9.91. The minimum atomic E-state index is -0.509. The largest absolute Gasteiger partial charge is 0.508 e. The average Bonchev–Trinajstić information content (AvgIpc) is 2.83. The summed E-state index contributed by atoms with van der Waals surface area (Å²) in [6, 6.07) is 4.32. The van der Waals surface area contributed by atoms with Crippen LogP contribution in [0.1, 0.15) is 20.9 Å². The van der Waals surface area contributed by atoms with Crippen LogP contribution in [-0.2, 0) is 9.47 Å². The van der Waals surface area contributed by atoms with Crippen molar-refractivity contribution in [1.29, 1.82) is 0 Å². The molecule has 0 saturated heterocycles. The second-order valence-corrected chi connectivity index (χ2v) is 4.50. The molecular formula is C14H8O6. The highest BCUT2D eigenvalue weighted by Gasteiger charge is 2.41. The number of furan rings is 1. The Bertz CT molecular complexity index is 810. The van der Waals surface area contributed by atoms with E-state index >= 15 is 0 Å². The average molecular weight is 272 g/mol. The second-order valence-electron chi connectivity index (χ2n) is 4.50. The van der Waals surface area contributed by atoms with Crippen molar-refractivity contribution in [1.82, 2.24) is 0 Å². The first kappa shape index (κ1) is 11.1. The lowest BCUT2D eigenvalue weighted by atomic mass is 9.96. The number of hydrogen-bond donors (Lipinski definition) is 1. The number of fused-ring (bicyclic) bond motifs is 3. The minimum Gasteiger partial charge on any atom is -0.508 e. The van der Waals surface area contributed by atoms with Gasteiger partial charge in [0.2, 0.25) is 17.3 Å². The van der Waals surface area contributed by atoms with Crippen LogP contribution in [-0.4, -0.2) is 29.9 Å². The lowest BCUT2D eigenvalue weighted by Gasteiger charge is -2.22. The van der Waals surface area contributed by atoms with Gasteiger partial charge in [-0.05, 0) is 12.1 Å². The summed E-state index contributed by atoms with van der Waals surface area (Å²) in [6.07, 6.45) is 0. The van der Waals surface area contributed by atoms with Crippen molar-refractivity contribution in [2.75, 3.05) is 13.2 Å². The van der Waals surface area contributed by atoms with E-state index in [0.29, 0.717) is 5.39 Å². The number of phenolic OH excluding ortho intramolecular Hbond substituents is 1. The SMILES string of the molecule is O=C1C2=C(OCCO2)C(=O)c2c1oc1cc(O)ccc21. The van der Waals surface area contributed by atoms with Crippen molar-refractivity contribution < 1.29 is 28.6 Å². The maximum absolute atomic E-state index is 12.4. The molecule has 100 valence electrons. The molecule has 1 aromatic carbocycles. The van der Waals surface area contributed by atoms with Gasteiger partial charge < -0.3 is 19.0 Å². The quantitative estimate of drug-likeness (QED) is 0.786. The summed E-state index contributed by atoms with van der Waals surface area (Å²) in [6.45, 7) is 0.442. The Morgan fingerprint density at radius 3 is 2.45 bits per heavy atom. The molecule has 0 atom stereocenters. The number of allylic oxidation sites excluding steroid dienone is 2. The van der Waals surface area contributed by atoms with Gasteiger partial charge in [0.25, 0.3) is 5.78 Å². The number of phenols is 1. The number of carbonyl (C=O) groups excluding carboxylic acids is 2. The summed E-state index contributed by atoms with van der Waals surface area (Å²) in [4.78, 5) is 24.7. The molecule has 6 nitrogen and oxygen atoms in total. The molecule has 2 aromatic rings. The number of ether oxygens (including phenoxy) is 2. The maximum atomic E-state index is 12.4. The topological polar surface area (TPSA) is 86.0 Å². The number of carbonyl (C=O) groups is 2. The summed E-state index contributed by atoms with van der Waals surface area (Å²) >= 11 is 0. The third-order valence-corrected chi connectivity index (χ3v) is 3.30. The first-order valence-electron chi connectivity index (χ1n) is 6.01. The second kappa shape index (κ2) is 3.63. The van der Waals surface area contributed by atoms with Gasteiger partial charge in [-0.15, -0.1) is 0 Å². The fraction of sp³-hybridized carbons (Fsp3) is 0.143. The molecule has 4 rings (SSSR count). The van der Waals surface area contributed by atoms with Crippen LogP contribution < -0.4 is 0 Å². The Morgan fingerprint density at radius 1 is 1.00 bits per heavy atom. The van der Waals surface area contributed by atoms with Crippen molar-refractivity contribution in [3.05, 3.63) is 41.0 Å². The first-order valence-corrected chi connectivity index (χ1v) is 6.01. The fourth-order valence-corrected chi connectivity index (χ4v) is 2.44. The van der Waals surface area contributed by atoms with Gasteiger partial charge in [-0.1, -0.05) is 0 Å². The van der Waals surface area contributed by atoms with Crippen LogP contribution in [0.25, 0.3) is 11.0 Å². The van der Waals surface area contributed by atoms with E-state index in [1.807, 2.05) is 0 Å². The van der Waals surface area contributed by atoms with Crippen molar-refractivity contribution >= 4 is 22.5 Å². The summed E-state index contributed by atoms with van der Waals surface area (Å²) < 4.78 is 15.9. The molecule has 1 aliphatic heterocycles. The third kappa shape index (κ3) is 1.27. The predicted molar refractivity (Wildman–Crippen MR) is 65.5 cm³/mol. The standard InChI is InChI=1S/C14H8O6/c15-6-1-2-7-8(5-6)20-12-9(7)10(16)13-14(11(12)17)19-4-3-18-13/h1-2,5,15H,3-4H2. The van der Waals surface area contributed by atoms with E-state index in [4.69, 9.17) is 13.9 Å². The molecule has 0 bridgehead atoms. The lowest BCUT2D eigenvalue weighted by Crippen LogP contribution is -2.28. The van der Waals surface area contributed by atoms with Gasteiger partial charge in [0.15, 0.2) is 5.76 Å². The molecule has 1 aliphatic carbocycles. The Kier molecular flexibility index (Phi) is 2.01. The molecule has 2 aliphatic rings. The maximum Gasteiger partial charge on any atom is 0.267 e. The molecular weight excluding hydrogens is 264 g/mol. The number of benzene rings is 1. The van der Waals surface area contributed by atoms with E-state index in [1.54, 1.807) is 0 Å². The van der Waals surface area contributed by atoms with Gasteiger partial charge in [0.05, 0.1) is 5.56 Å². The summed E-state index contributed by atoms with van der Waals surface area (Å²) in [5.74, 6) is -1.18. The van der Waals surface area contributed by atoms with Crippen molar-refractivity contribution in [2.45, 2.75) is 0 Å². The Balaban J connectivity index is 2.02.